The van der Waals surface area contributed by atoms with Crippen LogP contribution in [-0.4, -0.2) is 32.7 Å². The van der Waals surface area contributed by atoms with Crippen molar-refractivity contribution in [2.24, 2.45) is 0 Å². The molecule has 1 unspecified atom stereocenters. The summed E-state index contributed by atoms with van der Waals surface area (Å²) in [5, 5.41) is 28.3. The van der Waals surface area contributed by atoms with Crippen LogP contribution >= 0.6 is 0 Å². The van der Waals surface area contributed by atoms with Crippen LogP contribution in [-0.2, 0) is 21.5 Å². The Labute approximate surface area is 189 Å². The van der Waals surface area contributed by atoms with Gasteiger partial charge in [0.25, 0.3) is 0 Å². The monoisotopic (exact) mass is 452 g/mol. The summed E-state index contributed by atoms with van der Waals surface area (Å²) in [5.74, 6) is -1.91. The molecule has 33 heavy (non-hydrogen) atoms. The molecule has 1 aromatic heterocycles. The lowest BCUT2D eigenvalue weighted by Gasteiger charge is -2.29. The molecule has 0 fully saturated rings. The first kappa shape index (κ1) is 22.3. The molecular formula is C24H24N2O7. The summed E-state index contributed by atoms with van der Waals surface area (Å²) in [7, 11) is 0. The van der Waals surface area contributed by atoms with Crippen LogP contribution in [0.1, 0.15) is 59.3 Å². The number of carbonyl (C=O) groups excluding carboxylic acids is 3. The fourth-order valence-electron chi connectivity index (χ4n) is 4.43. The third kappa shape index (κ3) is 2.99. The van der Waals surface area contributed by atoms with Crippen molar-refractivity contribution < 1.29 is 33.9 Å². The third-order valence-corrected chi connectivity index (χ3v) is 6.47. The zero-order chi connectivity index (χ0) is 24.4. The fourth-order valence-corrected chi connectivity index (χ4v) is 4.43. The van der Waals surface area contributed by atoms with E-state index in [9.17, 15) is 24.6 Å². The van der Waals surface area contributed by atoms with Gasteiger partial charge in [-0.05, 0) is 41.5 Å². The number of allylic oxidation sites excluding steroid dienone is 4. The van der Waals surface area contributed by atoms with Crippen LogP contribution in [0.5, 0.6) is 17.2 Å². The van der Waals surface area contributed by atoms with Gasteiger partial charge in [-0.15, -0.1) is 0 Å². The minimum Gasteiger partial charge on any atom is -0.507 e. The van der Waals surface area contributed by atoms with Crippen molar-refractivity contribution in [2.75, 3.05) is 0 Å². The average molecular weight is 452 g/mol. The predicted molar refractivity (Wildman–Crippen MR) is 116 cm³/mol. The number of rotatable bonds is 4. The van der Waals surface area contributed by atoms with Crippen LogP contribution in [0.25, 0.3) is 0 Å². The number of ether oxygens (including phenoxy) is 1. The van der Waals surface area contributed by atoms with Gasteiger partial charge in [-0.1, -0.05) is 5.16 Å². The molecule has 2 aromatic rings. The topological polar surface area (TPSA) is 139 Å². The fraction of sp³-hybridized carbons (Fsp3) is 0.333. The van der Waals surface area contributed by atoms with Crippen molar-refractivity contribution in [1.82, 2.24) is 10.5 Å². The number of nitrogens with zero attached hydrogens (tertiary/aromatic N) is 1. The number of nitrogens with one attached hydrogen (secondary N) is 1. The predicted octanol–water partition coefficient (Wildman–Crippen LogP) is 2.96. The lowest BCUT2D eigenvalue weighted by atomic mass is 9.70. The van der Waals surface area contributed by atoms with Gasteiger partial charge in [-0.3, -0.25) is 14.4 Å². The summed E-state index contributed by atoms with van der Waals surface area (Å²) in [6.07, 6.45) is 1.19. The van der Waals surface area contributed by atoms with E-state index in [2.05, 4.69) is 10.5 Å². The number of aromatic hydroxyl groups is 2. The number of benzene rings is 1. The van der Waals surface area contributed by atoms with Gasteiger partial charge in [0, 0.05) is 29.4 Å². The van der Waals surface area contributed by atoms with E-state index in [1.807, 2.05) is 0 Å². The number of phenols is 2. The molecule has 0 radical (unpaired) electrons. The largest absolute Gasteiger partial charge is 0.507 e. The standard InChI is InChI=1S/C24H24N2O7/c1-9-20(29)18(12(4)27)22-19(21(9)30)24(6)16(32-22)7-15(28)17(23(24)31)11(3)25-8-14-10(2)26-33-13(14)5/h7,25,29-30H,8H2,1-6H3. The van der Waals surface area contributed by atoms with Gasteiger partial charge < -0.3 is 24.8 Å². The van der Waals surface area contributed by atoms with E-state index in [0.717, 1.165) is 5.56 Å². The Hall–Kier alpha value is -3.88. The number of Topliss-reactive ketones (excluding diaryl/α,β-unsaturated/α-hetero) is 2. The maximum Gasteiger partial charge on any atom is 0.194 e. The molecule has 0 bridgehead atoms. The normalized spacial score (nSPS) is 20.7. The second kappa shape index (κ2) is 7.33. The van der Waals surface area contributed by atoms with Crippen LogP contribution in [0.3, 0.4) is 0 Å². The van der Waals surface area contributed by atoms with E-state index in [-0.39, 0.29) is 39.5 Å². The van der Waals surface area contributed by atoms with Crippen LogP contribution in [0, 0.1) is 20.8 Å². The number of hydrogen-bond acceptors (Lipinski definition) is 9. The van der Waals surface area contributed by atoms with Gasteiger partial charge in [0.05, 0.1) is 16.8 Å². The minimum absolute atomic E-state index is 0.00225. The van der Waals surface area contributed by atoms with Gasteiger partial charge >= 0.3 is 0 Å². The first-order valence-electron chi connectivity index (χ1n) is 10.4. The van der Waals surface area contributed by atoms with E-state index in [1.54, 1.807) is 20.8 Å². The van der Waals surface area contributed by atoms with Crippen molar-refractivity contribution >= 4 is 17.3 Å². The summed E-state index contributed by atoms with van der Waals surface area (Å²) < 4.78 is 10.9. The molecule has 0 amide bonds. The molecule has 4 rings (SSSR count). The highest BCUT2D eigenvalue weighted by Crippen LogP contribution is 2.57. The first-order valence-corrected chi connectivity index (χ1v) is 10.4. The molecule has 1 aromatic carbocycles. The van der Waals surface area contributed by atoms with Gasteiger partial charge in [-0.25, -0.2) is 0 Å². The number of phenolic OH excluding ortho intramolecular Hbond substituents is 2. The number of hydrogen-bond donors (Lipinski definition) is 3. The van der Waals surface area contributed by atoms with Crippen molar-refractivity contribution in [3.8, 4) is 17.2 Å². The molecule has 1 atom stereocenters. The van der Waals surface area contributed by atoms with Crippen LogP contribution in [0.15, 0.2) is 27.6 Å². The molecule has 2 heterocycles. The molecule has 1 aliphatic carbocycles. The Morgan fingerprint density at radius 1 is 1.15 bits per heavy atom. The zero-order valence-corrected chi connectivity index (χ0v) is 19.2. The Bertz CT molecular complexity index is 1310. The summed E-state index contributed by atoms with van der Waals surface area (Å²) in [6, 6.07) is 0. The van der Waals surface area contributed by atoms with Crippen molar-refractivity contribution in [3.05, 3.63) is 56.8 Å². The van der Waals surface area contributed by atoms with Gasteiger partial charge in [0.15, 0.2) is 17.3 Å². The lowest BCUT2D eigenvalue weighted by Crippen LogP contribution is -2.41. The van der Waals surface area contributed by atoms with E-state index >= 15 is 0 Å². The van der Waals surface area contributed by atoms with Gasteiger partial charge in [0.1, 0.15) is 39.7 Å². The number of carbonyl (C=O) groups is 3. The summed E-state index contributed by atoms with van der Waals surface area (Å²) in [6.45, 7) is 9.69. The highest BCUT2D eigenvalue weighted by Gasteiger charge is 2.56. The van der Waals surface area contributed by atoms with Crippen LogP contribution < -0.4 is 10.1 Å². The first-order chi connectivity index (χ1) is 15.4. The van der Waals surface area contributed by atoms with Crippen molar-refractivity contribution in [2.45, 2.75) is 53.5 Å². The quantitative estimate of drug-likeness (QED) is 0.363. The third-order valence-electron chi connectivity index (χ3n) is 6.47. The van der Waals surface area contributed by atoms with E-state index < -0.39 is 28.5 Å². The number of aryl methyl sites for hydroxylation is 2. The Balaban J connectivity index is 1.85. The molecule has 172 valence electrons. The molecule has 0 spiro atoms. The SMILES string of the molecule is CC(=O)c1c(O)c(C)c(O)c2c1OC1=CC(=O)C(=C(C)NCc3c(C)noc3C)C(=O)C12C. The molecule has 0 saturated heterocycles. The second-order valence-electron chi connectivity index (χ2n) is 8.54. The van der Waals surface area contributed by atoms with Crippen LogP contribution in [0.4, 0.5) is 0 Å². The Kier molecular flexibility index (Phi) is 4.96. The summed E-state index contributed by atoms with van der Waals surface area (Å²) >= 11 is 0. The van der Waals surface area contributed by atoms with Crippen LogP contribution in [0.2, 0.25) is 0 Å². The summed E-state index contributed by atoms with van der Waals surface area (Å²) in [4.78, 5) is 38.9. The van der Waals surface area contributed by atoms with Crippen molar-refractivity contribution in [3.63, 3.8) is 0 Å². The lowest BCUT2D eigenvalue weighted by molar-refractivity contribution is -0.123. The van der Waals surface area contributed by atoms with Gasteiger partial charge in [0.2, 0.25) is 0 Å². The highest BCUT2D eigenvalue weighted by atomic mass is 16.5. The molecule has 9 nitrogen and oxygen atoms in total. The van der Waals surface area contributed by atoms with Gasteiger partial charge in [-0.2, -0.15) is 0 Å². The Morgan fingerprint density at radius 2 is 1.82 bits per heavy atom. The minimum atomic E-state index is -1.54. The van der Waals surface area contributed by atoms with E-state index in [0.29, 0.717) is 23.7 Å². The molecule has 2 aliphatic rings. The smallest absolute Gasteiger partial charge is 0.194 e. The molecule has 3 N–H and O–H groups in total. The molecule has 0 saturated carbocycles. The summed E-state index contributed by atoms with van der Waals surface area (Å²) in [5.41, 5.74) is 0.195. The van der Waals surface area contributed by atoms with E-state index in [4.69, 9.17) is 9.26 Å². The highest BCUT2D eigenvalue weighted by molar-refractivity contribution is 6.31. The van der Waals surface area contributed by atoms with Crippen molar-refractivity contribution in [1.29, 1.82) is 0 Å². The van der Waals surface area contributed by atoms with E-state index in [1.165, 1.54) is 26.8 Å². The number of aromatic nitrogens is 1. The maximum absolute atomic E-state index is 13.7. The maximum atomic E-state index is 13.7. The Morgan fingerprint density at radius 3 is 2.39 bits per heavy atom. The number of fused-ring (bicyclic) bond motifs is 3. The molecule has 1 aliphatic heterocycles. The number of ketones is 3. The second-order valence-corrected chi connectivity index (χ2v) is 8.54. The zero-order valence-electron chi connectivity index (χ0n) is 19.2. The average Bonchev–Trinajstić information content (AvgIpc) is 3.21. The molecular weight excluding hydrogens is 428 g/mol. The molecule has 9 heteroatoms.